The summed E-state index contributed by atoms with van der Waals surface area (Å²) < 4.78 is 0. The fourth-order valence-corrected chi connectivity index (χ4v) is 1.39. The van der Waals surface area contributed by atoms with Crippen LogP contribution in [-0.2, 0) is 4.84 Å². The fourth-order valence-electron chi connectivity index (χ4n) is 1.39. The number of nitrogens with zero attached hydrogens (tertiary/aromatic N) is 1. The first-order valence-corrected chi connectivity index (χ1v) is 4.47. The molecule has 70 valence electrons. The van der Waals surface area contributed by atoms with Crippen molar-refractivity contribution >= 4 is 5.71 Å². The minimum atomic E-state index is -0.117. The molecule has 0 aromatic rings. The molecule has 0 unspecified atom stereocenters. The van der Waals surface area contributed by atoms with Crippen LogP contribution in [0.3, 0.4) is 0 Å². The van der Waals surface area contributed by atoms with Crippen LogP contribution in [0.25, 0.3) is 0 Å². The largest absolute Gasteiger partial charge is 0.388 e. The van der Waals surface area contributed by atoms with Gasteiger partial charge < -0.3 is 10.2 Å². The second kappa shape index (κ2) is 3.44. The van der Waals surface area contributed by atoms with Gasteiger partial charge >= 0.3 is 0 Å². The monoisotopic (exact) mass is 170 g/mol. The lowest BCUT2D eigenvalue weighted by Crippen LogP contribution is -2.36. The lowest BCUT2D eigenvalue weighted by Gasteiger charge is -2.20. The van der Waals surface area contributed by atoms with E-state index in [1.54, 1.807) is 0 Å². The van der Waals surface area contributed by atoms with Gasteiger partial charge in [0.1, 0.15) is 0 Å². The van der Waals surface area contributed by atoms with Crippen molar-refractivity contribution in [2.75, 3.05) is 13.6 Å². The van der Waals surface area contributed by atoms with Crippen molar-refractivity contribution in [3.8, 4) is 0 Å². The minimum absolute atomic E-state index is 0.117. The molecular weight excluding hydrogens is 152 g/mol. The Morgan fingerprint density at radius 3 is 2.75 bits per heavy atom. The third-order valence-electron chi connectivity index (χ3n) is 2.16. The molecule has 1 heterocycles. The van der Waals surface area contributed by atoms with E-state index < -0.39 is 0 Å². The SMILES string of the molecule is CNC[C@]1(C)CC(C(C)C)=NO1. The van der Waals surface area contributed by atoms with Gasteiger partial charge in [-0.15, -0.1) is 0 Å². The summed E-state index contributed by atoms with van der Waals surface area (Å²) in [7, 11) is 1.93. The lowest BCUT2D eigenvalue weighted by atomic mass is 9.94. The molecule has 0 amide bonds. The Labute approximate surface area is 74.2 Å². The molecule has 0 aromatic heterocycles. The number of oxime groups is 1. The van der Waals surface area contributed by atoms with Crippen molar-refractivity contribution < 1.29 is 4.84 Å². The molecule has 0 aromatic carbocycles. The highest BCUT2D eigenvalue weighted by molar-refractivity contribution is 5.87. The Morgan fingerprint density at radius 2 is 2.33 bits per heavy atom. The molecule has 0 bridgehead atoms. The maximum atomic E-state index is 5.38. The molecule has 3 heteroatoms. The molecule has 3 nitrogen and oxygen atoms in total. The number of nitrogens with one attached hydrogen (secondary N) is 1. The van der Waals surface area contributed by atoms with E-state index in [9.17, 15) is 0 Å². The van der Waals surface area contributed by atoms with Crippen LogP contribution in [0.4, 0.5) is 0 Å². The van der Waals surface area contributed by atoms with Crippen LogP contribution in [-0.4, -0.2) is 24.9 Å². The molecule has 1 N–H and O–H groups in total. The highest BCUT2D eigenvalue weighted by atomic mass is 16.7. The number of likely N-dealkylation sites (N-methyl/N-ethyl adjacent to an activating group) is 1. The smallest absolute Gasteiger partial charge is 0.152 e. The van der Waals surface area contributed by atoms with Gasteiger partial charge in [0.2, 0.25) is 0 Å². The van der Waals surface area contributed by atoms with Crippen molar-refractivity contribution in [3.63, 3.8) is 0 Å². The zero-order valence-corrected chi connectivity index (χ0v) is 8.35. The molecule has 1 rings (SSSR count). The zero-order valence-electron chi connectivity index (χ0n) is 8.35. The number of rotatable bonds is 3. The van der Waals surface area contributed by atoms with Gasteiger partial charge in [0.15, 0.2) is 5.60 Å². The summed E-state index contributed by atoms with van der Waals surface area (Å²) in [5.41, 5.74) is 1.06. The van der Waals surface area contributed by atoms with Gasteiger partial charge in [0, 0.05) is 13.0 Å². The summed E-state index contributed by atoms with van der Waals surface area (Å²) in [4.78, 5) is 5.38. The van der Waals surface area contributed by atoms with Gasteiger partial charge in [-0.2, -0.15) is 0 Å². The molecular formula is C9H18N2O. The maximum absolute atomic E-state index is 5.38. The zero-order chi connectivity index (χ0) is 9.19. The normalized spacial score (nSPS) is 28.9. The molecule has 0 spiro atoms. The summed E-state index contributed by atoms with van der Waals surface area (Å²) in [5, 5.41) is 7.19. The first-order chi connectivity index (χ1) is 5.57. The first kappa shape index (κ1) is 9.52. The number of hydrogen-bond acceptors (Lipinski definition) is 3. The fraction of sp³-hybridized carbons (Fsp3) is 0.889. The summed E-state index contributed by atoms with van der Waals surface area (Å²) in [6, 6.07) is 0. The molecule has 0 fully saturated rings. The molecule has 0 aliphatic carbocycles. The van der Waals surface area contributed by atoms with Gasteiger partial charge in [-0.25, -0.2) is 0 Å². The van der Waals surface area contributed by atoms with Gasteiger partial charge in [-0.05, 0) is 19.9 Å². The van der Waals surface area contributed by atoms with E-state index >= 15 is 0 Å². The quantitative estimate of drug-likeness (QED) is 0.694. The molecule has 1 atom stereocenters. The van der Waals surface area contributed by atoms with Crippen LogP contribution < -0.4 is 5.32 Å². The minimum Gasteiger partial charge on any atom is -0.388 e. The summed E-state index contributed by atoms with van der Waals surface area (Å²) in [6.45, 7) is 7.23. The Hall–Kier alpha value is -0.570. The predicted molar refractivity (Wildman–Crippen MR) is 50.3 cm³/mol. The van der Waals surface area contributed by atoms with Gasteiger partial charge in [-0.3, -0.25) is 0 Å². The summed E-state index contributed by atoms with van der Waals surface area (Å²) in [6.07, 6.45) is 0.950. The van der Waals surface area contributed by atoms with E-state index in [1.807, 2.05) is 7.05 Å². The molecule has 0 saturated heterocycles. The molecule has 1 aliphatic heterocycles. The van der Waals surface area contributed by atoms with E-state index in [4.69, 9.17) is 4.84 Å². The Bertz CT molecular complexity index is 189. The first-order valence-electron chi connectivity index (χ1n) is 4.47. The molecule has 12 heavy (non-hydrogen) atoms. The Morgan fingerprint density at radius 1 is 1.67 bits per heavy atom. The van der Waals surface area contributed by atoms with E-state index in [-0.39, 0.29) is 5.60 Å². The van der Waals surface area contributed by atoms with Gasteiger partial charge in [-0.1, -0.05) is 19.0 Å². The van der Waals surface area contributed by atoms with Crippen LogP contribution in [0.5, 0.6) is 0 Å². The van der Waals surface area contributed by atoms with Crippen LogP contribution in [0.2, 0.25) is 0 Å². The van der Waals surface area contributed by atoms with Crippen molar-refractivity contribution in [1.29, 1.82) is 0 Å². The maximum Gasteiger partial charge on any atom is 0.152 e. The summed E-state index contributed by atoms with van der Waals surface area (Å²) >= 11 is 0. The van der Waals surface area contributed by atoms with Crippen molar-refractivity contribution in [1.82, 2.24) is 5.32 Å². The van der Waals surface area contributed by atoms with Gasteiger partial charge in [0.05, 0.1) is 5.71 Å². The third-order valence-corrected chi connectivity index (χ3v) is 2.16. The third kappa shape index (κ3) is 1.97. The highest BCUT2D eigenvalue weighted by Crippen LogP contribution is 2.25. The Kier molecular flexibility index (Phi) is 2.73. The van der Waals surface area contributed by atoms with Crippen molar-refractivity contribution in [3.05, 3.63) is 0 Å². The second-order valence-corrected chi connectivity index (χ2v) is 3.99. The summed E-state index contributed by atoms with van der Waals surface area (Å²) in [5.74, 6) is 0.503. The highest BCUT2D eigenvalue weighted by Gasteiger charge is 2.34. The Balaban J connectivity index is 2.50. The van der Waals surface area contributed by atoms with E-state index in [1.165, 1.54) is 5.71 Å². The van der Waals surface area contributed by atoms with Crippen molar-refractivity contribution in [2.24, 2.45) is 11.1 Å². The lowest BCUT2D eigenvalue weighted by molar-refractivity contribution is -0.000966. The van der Waals surface area contributed by atoms with E-state index in [0.29, 0.717) is 5.92 Å². The average molecular weight is 170 g/mol. The average Bonchev–Trinajstić information content (AvgIpc) is 2.33. The van der Waals surface area contributed by atoms with Crippen molar-refractivity contribution in [2.45, 2.75) is 32.8 Å². The predicted octanol–water partition coefficient (Wildman–Crippen LogP) is 1.40. The van der Waals surface area contributed by atoms with Crippen LogP contribution >= 0.6 is 0 Å². The molecule has 1 aliphatic rings. The molecule has 0 radical (unpaired) electrons. The van der Waals surface area contributed by atoms with E-state index in [2.05, 4.69) is 31.2 Å². The van der Waals surface area contributed by atoms with E-state index in [0.717, 1.165) is 13.0 Å². The topological polar surface area (TPSA) is 33.6 Å². The number of hydrogen-bond donors (Lipinski definition) is 1. The standard InChI is InChI=1S/C9H18N2O/c1-7(2)8-5-9(3,6-10-4)12-11-8/h7,10H,5-6H2,1-4H3/t9-/m0/s1. The van der Waals surface area contributed by atoms with Gasteiger partial charge in [0.25, 0.3) is 0 Å². The second-order valence-electron chi connectivity index (χ2n) is 3.99. The van der Waals surface area contributed by atoms with Crippen LogP contribution in [0, 0.1) is 5.92 Å². The van der Waals surface area contributed by atoms with Crippen LogP contribution in [0.1, 0.15) is 27.2 Å². The van der Waals surface area contributed by atoms with Crippen LogP contribution in [0.15, 0.2) is 5.16 Å². The molecule has 0 saturated carbocycles.